The number of hydrogen-bond donors (Lipinski definition) is 1. The average molecular weight is 561 g/mol. The first-order valence-electron chi connectivity index (χ1n) is 13.3. The lowest BCUT2D eigenvalue weighted by molar-refractivity contribution is -0.121. The van der Waals surface area contributed by atoms with Gasteiger partial charge in [0.25, 0.3) is 0 Å². The molecule has 4 rings (SSSR count). The standard InChI is InChI=1S/C28H34F2N4O2S2/c1-3-33-21-15-13-19(29)17-23(21)37-27(33)31-25(35)11-9-7-5-6-8-10-12-26(36)32-28-34(4-2)22-16-14-20(30)18-24(22)38-28/h13-18,27H,3-12H2,1-2H3,(H,31,35). The summed E-state index contributed by atoms with van der Waals surface area (Å²) in [5, 5.41) is 3.07. The summed E-state index contributed by atoms with van der Waals surface area (Å²) < 4.78 is 29.8. The number of rotatable bonds is 12. The van der Waals surface area contributed by atoms with Gasteiger partial charge >= 0.3 is 0 Å². The van der Waals surface area contributed by atoms with Crippen LogP contribution in [0, 0.1) is 11.6 Å². The molecule has 2 heterocycles. The Labute approximate surface area is 230 Å². The predicted molar refractivity (Wildman–Crippen MR) is 150 cm³/mol. The summed E-state index contributed by atoms with van der Waals surface area (Å²) in [4.78, 5) is 32.7. The first kappa shape index (κ1) is 28.3. The van der Waals surface area contributed by atoms with Crippen molar-refractivity contribution in [1.82, 2.24) is 9.88 Å². The lowest BCUT2D eigenvalue weighted by atomic mass is 10.1. The third-order valence-electron chi connectivity index (χ3n) is 6.60. The van der Waals surface area contributed by atoms with Gasteiger partial charge in [0, 0.05) is 30.8 Å². The molecule has 1 aliphatic rings. The van der Waals surface area contributed by atoms with Gasteiger partial charge in [-0.15, -0.1) is 0 Å². The molecule has 0 spiro atoms. The third-order valence-corrected chi connectivity index (χ3v) is 8.82. The fourth-order valence-corrected chi connectivity index (χ4v) is 7.10. The van der Waals surface area contributed by atoms with E-state index in [-0.39, 0.29) is 28.9 Å². The smallest absolute Gasteiger partial charge is 0.248 e. The number of hydrogen-bond acceptors (Lipinski definition) is 5. The molecule has 0 fully saturated rings. The number of halogens is 2. The number of amides is 2. The van der Waals surface area contributed by atoms with Crippen LogP contribution in [0.5, 0.6) is 0 Å². The Morgan fingerprint density at radius 3 is 2.34 bits per heavy atom. The highest BCUT2D eigenvalue weighted by Crippen LogP contribution is 2.42. The summed E-state index contributed by atoms with van der Waals surface area (Å²) >= 11 is 2.81. The normalized spacial score (nSPS) is 15.3. The number of aromatic nitrogens is 1. The Bertz CT molecular complexity index is 1350. The molecule has 38 heavy (non-hydrogen) atoms. The fraction of sp³-hybridized carbons (Fsp3) is 0.464. The molecule has 0 saturated carbocycles. The van der Waals surface area contributed by atoms with Crippen molar-refractivity contribution in [3.05, 3.63) is 52.8 Å². The van der Waals surface area contributed by atoms with Gasteiger partial charge in [-0.2, -0.15) is 4.99 Å². The number of benzene rings is 2. The van der Waals surface area contributed by atoms with Crippen LogP contribution in [0.15, 0.2) is 46.3 Å². The first-order chi connectivity index (χ1) is 18.4. The quantitative estimate of drug-likeness (QED) is 0.254. The molecule has 1 aliphatic heterocycles. The van der Waals surface area contributed by atoms with Gasteiger partial charge in [-0.3, -0.25) is 9.59 Å². The van der Waals surface area contributed by atoms with E-state index in [0.717, 1.165) is 65.9 Å². The van der Waals surface area contributed by atoms with Crippen LogP contribution in [0.2, 0.25) is 0 Å². The van der Waals surface area contributed by atoms with Crippen molar-refractivity contribution in [3.8, 4) is 0 Å². The number of carbonyl (C=O) groups is 2. The Morgan fingerprint density at radius 1 is 0.921 bits per heavy atom. The van der Waals surface area contributed by atoms with E-state index in [1.54, 1.807) is 12.1 Å². The van der Waals surface area contributed by atoms with Crippen molar-refractivity contribution in [2.75, 3.05) is 11.4 Å². The van der Waals surface area contributed by atoms with Crippen LogP contribution in [0.3, 0.4) is 0 Å². The van der Waals surface area contributed by atoms with Gasteiger partial charge in [0.1, 0.15) is 11.6 Å². The number of thioether (sulfide) groups is 1. The maximum atomic E-state index is 13.6. The number of thiazole rings is 1. The summed E-state index contributed by atoms with van der Waals surface area (Å²) in [6, 6.07) is 9.37. The monoisotopic (exact) mass is 560 g/mol. The second-order valence-corrected chi connectivity index (χ2v) is 11.4. The zero-order valence-electron chi connectivity index (χ0n) is 21.8. The van der Waals surface area contributed by atoms with Crippen LogP contribution in [-0.2, 0) is 16.1 Å². The van der Waals surface area contributed by atoms with Crippen LogP contribution < -0.4 is 15.0 Å². The van der Waals surface area contributed by atoms with Crippen LogP contribution in [-0.4, -0.2) is 28.4 Å². The molecule has 2 aromatic carbocycles. The zero-order chi connectivity index (χ0) is 27.1. The van der Waals surface area contributed by atoms with Crippen molar-refractivity contribution in [2.24, 2.45) is 4.99 Å². The summed E-state index contributed by atoms with van der Waals surface area (Å²) in [7, 11) is 0. The number of carbonyl (C=O) groups excluding carboxylic acids is 2. The Morgan fingerprint density at radius 2 is 1.61 bits per heavy atom. The van der Waals surface area contributed by atoms with Crippen molar-refractivity contribution in [2.45, 2.75) is 82.2 Å². The molecule has 2 amide bonds. The van der Waals surface area contributed by atoms with Crippen molar-refractivity contribution in [1.29, 1.82) is 0 Å². The topological polar surface area (TPSA) is 66.7 Å². The van der Waals surface area contributed by atoms with Gasteiger partial charge < -0.3 is 14.8 Å². The molecule has 0 bridgehead atoms. The number of nitrogens with zero attached hydrogens (tertiary/aromatic N) is 3. The third kappa shape index (κ3) is 7.02. The van der Waals surface area contributed by atoms with E-state index in [4.69, 9.17) is 0 Å². The molecule has 1 aromatic heterocycles. The largest absolute Gasteiger partial charge is 0.342 e. The zero-order valence-corrected chi connectivity index (χ0v) is 23.5. The van der Waals surface area contributed by atoms with E-state index in [0.29, 0.717) is 24.2 Å². The van der Waals surface area contributed by atoms with E-state index < -0.39 is 0 Å². The molecular formula is C28H34F2N4O2S2. The van der Waals surface area contributed by atoms with Crippen LogP contribution in [0.4, 0.5) is 14.5 Å². The minimum atomic E-state index is -0.291. The molecule has 204 valence electrons. The lowest BCUT2D eigenvalue weighted by Crippen LogP contribution is -2.43. The van der Waals surface area contributed by atoms with Crippen molar-refractivity contribution >= 4 is 50.8 Å². The number of aryl methyl sites for hydroxylation is 1. The molecule has 0 aliphatic carbocycles. The highest BCUT2D eigenvalue weighted by atomic mass is 32.2. The van der Waals surface area contributed by atoms with E-state index >= 15 is 0 Å². The van der Waals surface area contributed by atoms with Gasteiger partial charge in [0.05, 0.1) is 15.9 Å². The van der Waals surface area contributed by atoms with E-state index in [2.05, 4.69) is 15.2 Å². The summed E-state index contributed by atoms with van der Waals surface area (Å²) in [6.07, 6.45) is 6.38. The van der Waals surface area contributed by atoms with E-state index in [1.165, 1.54) is 47.4 Å². The number of nitrogens with one attached hydrogen (secondary N) is 1. The number of anilines is 1. The summed E-state index contributed by atoms with van der Waals surface area (Å²) in [5.41, 5.74) is 1.65. The van der Waals surface area contributed by atoms with Crippen molar-refractivity contribution in [3.63, 3.8) is 0 Å². The van der Waals surface area contributed by atoms with Gasteiger partial charge in [-0.25, -0.2) is 8.78 Å². The van der Waals surface area contributed by atoms with Gasteiger partial charge in [-0.05, 0) is 63.1 Å². The highest BCUT2D eigenvalue weighted by molar-refractivity contribution is 8.00. The molecule has 1 atom stereocenters. The molecule has 0 radical (unpaired) electrons. The molecule has 10 heteroatoms. The SMILES string of the molecule is CCN1c2ccc(F)cc2SC1NC(=O)CCCCCCCCC(=O)N=c1sc2cc(F)ccc2n1CC. The predicted octanol–water partition coefficient (Wildman–Crippen LogP) is 6.58. The average Bonchev–Trinajstić information content (AvgIpc) is 3.40. The maximum Gasteiger partial charge on any atom is 0.248 e. The molecular weight excluding hydrogens is 526 g/mol. The molecule has 6 nitrogen and oxygen atoms in total. The maximum absolute atomic E-state index is 13.6. The van der Waals surface area contributed by atoms with Crippen LogP contribution >= 0.6 is 23.1 Å². The Hall–Kier alpha value is -2.72. The lowest BCUT2D eigenvalue weighted by Gasteiger charge is -2.25. The van der Waals surface area contributed by atoms with Crippen molar-refractivity contribution < 1.29 is 18.4 Å². The number of unbranched alkanes of at least 4 members (excludes halogenated alkanes) is 5. The second kappa shape index (κ2) is 13.4. The van der Waals surface area contributed by atoms with E-state index in [9.17, 15) is 18.4 Å². The molecule has 3 aromatic rings. The van der Waals surface area contributed by atoms with Gasteiger partial charge in [-0.1, -0.05) is 48.8 Å². The first-order valence-corrected chi connectivity index (χ1v) is 15.0. The summed E-state index contributed by atoms with van der Waals surface area (Å²) in [5.74, 6) is -0.696. The molecule has 1 N–H and O–H groups in total. The van der Waals surface area contributed by atoms with Crippen LogP contribution in [0.1, 0.15) is 65.2 Å². The Balaban J connectivity index is 1.11. The minimum Gasteiger partial charge on any atom is -0.342 e. The Kier molecular flexibility index (Phi) is 9.96. The molecule has 1 unspecified atom stereocenters. The number of fused-ring (bicyclic) bond motifs is 2. The highest BCUT2D eigenvalue weighted by Gasteiger charge is 2.30. The van der Waals surface area contributed by atoms with E-state index in [1.807, 2.05) is 18.4 Å². The summed E-state index contributed by atoms with van der Waals surface area (Å²) in [6.45, 7) is 5.40. The van der Waals surface area contributed by atoms with Gasteiger partial charge in [0.15, 0.2) is 10.3 Å². The second-order valence-electron chi connectivity index (χ2n) is 9.30. The molecule has 0 saturated heterocycles. The van der Waals surface area contributed by atoms with Crippen LogP contribution in [0.25, 0.3) is 10.2 Å². The fourth-order valence-electron chi connectivity index (χ4n) is 4.65. The minimum absolute atomic E-state index is 0.00901. The van der Waals surface area contributed by atoms with Gasteiger partial charge in [0.2, 0.25) is 11.8 Å².